The first-order chi connectivity index (χ1) is 21.0. The van der Waals surface area contributed by atoms with Crippen LogP contribution in [0.15, 0.2) is 79.0 Å². The number of para-hydroxylation sites is 2. The summed E-state index contributed by atoms with van der Waals surface area (Å²) in [6, 6.07) is 23.3. The van der Waals surface area contributed by atoms with Crippen LogP contribution in [0.25, 0.3) is 11.0 Å². The van der Waals surface area contributed by atoms with Crippen LogP contribution in [0.3, 0.4) is 0 Å². The molecule has 9 heteroatoms. The molecule has 0 unspecified atom stereocenters. The monoisotopic (exact) mass is 582 g/mol. The van der Waals surface area contributed by atoms with E-state index in [1.54, 1.807) is 7.11 Å². The number of likely N-dealkylation sites (tertiary alicyclic amines) is 1. The van der Waals surface area contributed by atoms with E-state index in [1.165, 1.54) is 6.20 Å². The number of aromatic nitrogens is 2. The predicted octanol–water partition coefficient (Wildman–Crippen LogP) is 5.28. The Labute approximate surface area is 251 Å². The zero-order valence-electron chi connectivity index (χ0n) is 24.6. The first-order valence-corrected chi connectivity index (χ1v) is 14.9. The Morgan fingerprint density at radius 2 is 1.86 bits per heavy atom. The molecule has 2 fully saturated rings. The van der Waals surface area contributed by atoms with Crippen LogP contribution in [-0.4, -0.2) is 64.8 Å². The van der Waals surface area contributed by atoms with Crippen molar-refractivity contribution in [3.05, 3.63) is 101 Å². The highest BCUT2D eigenvalue weighted by atomic mass is 16.7. The first-order valence-electron chi connectivity index (χ1n) is 14.9. The van der Waals surface area contributed by atoms with Crippen LogP contribution in [-0.2, 0) is 20.8 Å². The fourth-order valence-electron chi connectivity index (χ4n) is 6.10. The van der Waals surface area contributed by atoms with Crippen molar-refractivity contribution in [3.8, 4) is 0 Å². The number of nitrogens with one attached hydrogen (secondary N) is 1. The van der Waals surface area contributed by atoms with Crippen LogP contribution in [0.1, 0.15) is 59.3 Å². The Balaban J connectivity index is 1.24. The number of rotatable bonds is 9. The summed E-state index contributed by atoms with van der Waals surface area (Å²) >= 11 is 0. The number of aliphatic hydroxyl groups is 1. The molecule has 6 rings (SSSR count). The number of amides is 1. The number of benzene rings is 3. The van der Waals surface area contributed by atoms with Gasteiger partial charge in [-0.1, -0.05) is 55.5 Å². The van der Waals surface area contributed by atoms with E-state index in [9.17, 15) is 9.90 Å². The highest BCUT2D eigenvalue weighted by molar-refractivity contribution is 6.03. The third-order valence-electron chi connectivity index (χ3n) is 8.49. The summed E-state index contributed by atoms with van der Waals surface area (Å²) in [5, 5.41) is 12.5. The maximum absolute atomic E-state index is 13.1. The number of hydrogen-bond acceptors (Lipinski definition) is 8. The molecule has 0 radical (unpaired) electrons. The summed E-state index contributed by atoms with van der Waals surface area (Å²) in [6.07, 6.45) is 2.80. The molecule has 2 N–H and O–H groups in total. The minimum absolute atomic E-state index is 0.00509. The average molecular weight is 583 g/mol. The lowest BCUT2D eigenvalue weighted by Gasteiger charge is -2.43. The van der Waals surface area contributed by atoms with Gasteiger partial charge in [0.15, 0.2) is 6.29 Å². The summed E-state index contributed by atoms with van der Waals surface area (Å²) in [5.41, 5.74) is 4.96. The second-order valence-electron chi connectivity index (χ2n) is 11.4. The molecule has 224 valence electrons. The van der Waals surface area contributed by atoms with E-state index in [0.29, 0.717) is 23.9 Å². The zero-order chi connectivity index (χ0) is 29.8. The van der Waals surface area contributed by atoms with Crippen LogP contribution < -0.4 is 5.32 Å². The lowest BCUT2D eigenvalue weighted by Crippen LogP contribution is -2.46. The first kappa shape index (κ1) is 29.3. The van der Waals surface area contributed by atoms with Crippen LogP contribution in [0.2, 0.25) is 0 Å². The van der Waals surface area contributed by atoms with E-state index in [-0.39, 0.29) is 36.3 Å². The Morgan fingerprint density at radius 1 is 1.05 bits per heavy atom. The fraction of sp³-hybridized carbons (Fsp3) is 0.382. The Hall–Kier alpha value is -3.73. The smallest absolute Gasteiger partial charge is 0.275 e. The maximum atomic E-state index is 13.1. The van der Waals surface area contributed by atoms with Crippen molar-refractivity contribution in [2.24, 2.45) is 5.92 Å². The van der Waals surface area contributed by atoms with E-state index in [0.717, 1.165) is 48.1 Å². The summed E-state index contributed by atoms with van der Waals surface area (Å²) in [4.78, 5) is 24.4. The Morgan fingerprint density at radius 3 is 2.65 bits per heavy atom. The van der Waals surface area contributed by atoms with Gasteiger partial charge < -0.3 is 24.6 Å². The molecule has 1 amide bonds. The van der Waals surface area contributed by atoms with Gasteiger partial charge in [0.05, 0.1) is 42.7 Å². The number of carbonyl (C=O) groups excluding carboxylic acids is 1. The third kappa shape index (κ3) is 6.61. The minimum atomic E-state index is -0.635. The number of anilines is 1. The molecule has 3 heterocycles. The molecule has 3 aromatic carbocycles. The van der Waals surface area contributed by atoms with Gasteiger partial charge in [-0.15, -0.1) is 0 Å². The van der Waals surface area contributed by atoms with Crippen molar-refractivity contribution in [2.75, 3.05) is 32.1 Å². The van der Waals surface area contributed by atoms with E-state index in [4.69, 9.17) is 14.2 Å². The third-order valence-corrected chi connectivity index (χ3v) is 8.49. The average Bonchev–Trinajstić information content (AvgIpc) is 3.48. The molecular formula is C34H38N4O5. The second-order valence-corrected chi connectivity index (χ2v) is 11.4. The van der Waals surface area contributed by atoms with Gasteiger partial charge in [-0.25, -0.2) is 4.98 Å². The second kappa shape index (κ2) is 13.3. The van der Waals surface area contributed by atoms with E-state index in [2.05, 4.69) is 27.1 Å². The predicted molar refractivity (Wildman–Crippen MR) is 163 cm³/mol. The van der Waals surface area contributed by atoms with Crippen molar-refractivity contribution in [2.45, 2.75) is 50.9 Å². The Kier molecular flexibility index (Phi) is 9.06. The van der Waals surface area contributed by atoms with E-state index in [1.807, 2.05) is 72.8 Å². The number of hydrogen-bond donors (Lipinski definition) is 2. The van der Waals surface area contributed by atoms with E-state index < -0.39 is 6.29 Å². The molecule has 2 aliphatic rings. The summed E-state index contributed by atoms with van der Waals surface area (Å²) in [6.45, 7) is 4.66. The number of aliphatic hydroxyl groups excluding tert-OH is 1. The van der Waals surface area contributed by atoms with Gasteiger partial charge in [-0.05, 0) is 54.8 Å². The number of ether oxygens (including phenoxy) is 3. The van der Waals surface area contributed by atoms with Gasteiger partial charge in [0, 0.05) is 36.9 Å². The molecule has 4 aromatic rings. The van der Waals surface area contributed by atoms with Crippen LogP contribution in [0, 0.1) is 5.92 Å². The van der Waals surface area contributed by atoms with Crippen LogP contribution >= 0.6 is 0 Å². The lowest BCUT2D eigenvalue weighted by atomic mass is 9.90. The van der Waals surface area contributed by atoms with Crippen molar-refractivity contribution >= 4 is 22.6 Å². The molecule has 0 spiro atoms. The van der Waals surface area contributed by atoms with Crippen molar-refractivity contribution in [3.63, 3.8) is 0 Å². The molecule has 2 saturated heterocycles. The standard InChI is InChI=1S/C34H38N4O5/c1-22-31(19-38-16-6-9-27(38)21-41-2)42-34(43-32(22)24-14-12-23(20-39)13-15-24)25-7-5-8-26(17-25)36-33(40)30-18-35-28-10-3-4-11-29(28)37-30/h3-5,7-8,10-15,17-18,22,27,31-32,34,39H,6,9,16,19-21H2,1-2H3,(H,36,40)/t22-,27-,31+,32+,34+/m0/s1. The number of nitrogens with zero attached hydrogens (tertiary/aromatic N) is 3. The van der Waals surface area contributed by atoms with Crippen LogP contribution in [0.4, 0.5) is 5.69 Å². The summed E-state index contributed by atoms with van der Waals surface area (Å²) < 4.78 is 18.8. The molecule has 1 aromatic heterocycles. The largest absolute Gasteiger partial charge is 0.392 e. The molecule has 0 aliphatic carbocycles. The molecule has 43 heavy (non-hydrogen) atoms. The highest BCUT2D eigenvalue weighted by Gasteiger charge is 2.40. The summed E-state index contributed by atoms with van der Waals surface area (Å²) in [7, 11) is 1.75. The number of carbonyl (C=O) groups is 1. The van der Waals surface area contributed by atoms with Gasteiger partial charge in [0.2, 0.25) is 0 Å². The minimum Gasteiger partial charge on any atom is -0.392 e. The Bertz CT molecular complexity index is 1550. The van der Waals surface area contributed by atoms with Crippen molar-refractivity contribution in [1.82, 2.24) is 14.9 Å². The molecular weight excluding hydrogens is 544 g/mol. The van der Waals surface area contributed by atoms with E-state index >= 15 is 0 Å². The molecule has 5 atom stereocenters. The quantitative estimate of drug-likeness (QED) is 0.275. The van der Waals surface area contributed by atoms with Crippen LogP contribution in [0.5, 0.6) is 0 Å². The number of fused-ring (bicyclic) bond motifs is 1. The topological polar surface area (TPSA) is 106 Å². The maximum Gasteiger partial charge on any atom is 0.275 e. The highest BCUT2D eigenvalue weighted by Crippen LogP contribution is 2.42. The molecule has 0 saturated carbocycles. The molecule has 2 aliphatic heterocycles. The van der Waals surface area contributed by atoms with Gasteiger partial charge in [0.1, 0.15) is 5.69 Å². The van der Waals surface area contributed by atoms with Gasteiger partial charge >= 0.3 is 0 Å². The van der Waals surface area contributed by atoms with Gasteiger partial charge in [-0.2, -0.15) is 0 Å². The molecule has 9 nitrogen and oxygen atoms in total. The normalized spacial score (nSPS) is 24.3. The van der Waals surface area contributed by atoms with Crippen molar-refractivity contribution < 1.29 is 24.1 Å². The lowest BCUT2D eigenvalue weighted by molar-refractivity contribution is -0.276. The van der Waals surface area contributed by atoms with Gasteiger partial charge in [-0.3, -0.25) is 14.7 Å². The number of methoxy groups -OCH3 is 1. The molecule has 0 bridgehead atoms. The van der Waals surface area contributed by atoms with Gasteiger partial charge in [0.25, 0.3) is 5.91 Å². The fourth-order valence-corrected chi connectivity index (χ4v) is 6.10. The zero-order valence-corrected chi connectivity index (χ0v) is 24.6. The summed E-state index contributed by atoms with van der Waals surface area (Å²) in [5.74, 6) is -0.262. The van der Waals surface area contributed by atoms with Crippen molar-refractivity contribution in [1.29, 1.82) is 0 Å². The SMILES string of the molecule is COC[C@@H]1CCCN1C[C@H]1O[C@@H](c2cccc(NC(=O)c3cnc4ccccc4n3)c2)O[C@@H](c2ccc(CO)cc2)[C@H]1C.